The van der Waals surface area contributed by atoms with E-state index in [9.17, 15) is 4.21 Å². The summed E-state index contributed by atoms with van der Waals surface area (Å²) in [6.45, 7) is 7.94. The van der Waals surface area contributed by atoms with E-state index in [4.69, 9.17) is 14.0 Å². The third kappa shape index (κ3) is 2.62. The van der Waals surface area contributed by atoms with Crippen LogP contribution in [-0.2, 0) is 20.1 Å². The highest BCUT2D eigenvalue weighted by molar-refractivity contribution is 7.84. The topological polar surface area (TPSA) is 57.6 Å². The van der Waals surface area contributed by atoms with Gasteiger partial charge in [0.2, 0.25) is 5.88 Å². The minimum absolute atomic E-state index is 0.345. The number of pyridine rings is 1. The molecule has 1 aromatic heterocycles. The van der Waals surface area contributed by atoms with Gasteiger partial charge in [0.1, 0.15) is 4.90 Å². The van der Waals surface area contributed by atoms with Gasteiger partial charge in [0.05, 0.1) is 34.7 Å². The average Bonchev–Trinajstić information content (AvgIpc) is 2.57. The van der Waals surface area contributed by atoms with Crippen molar-refractivity contribution in [1.29, 1.82) is 0 Å². The van der Waals surface area contributed by atoms with Gasteiger partial charge in [-0.15, -0.1) is 0 Å². The number of hydrogen-bond donors (Lipinski definition) is 0. The molecule has 1 unspecified atom stereocenters. The SMILES string of the molecule is COc1nc(B2OC(C)(C)C(C)(C)O2)ccc1S(C)=O. The van der Waals surface area contributed by atoms with Crippen LogP contribution >= 0.6 is 0 Å². The van der Waals surface area contributed by atoms with E-state index in [0.717, 1.165) is 0 Å². The predicted molar refractivity (Wildman–Crippen MR) is 78.8 cm³/mol. The molecule has 1 fully saturated rings. The Morgan fingerprint density at radius 3 is 2.20 bits per heavy atom. The highest BCUT2D eigenvalue weighted by Crippen LogP contribution is 2.36. The summed E-state index contributed by atoms with van der Waals surface area (Å²) in [6, 6.07) is 3.50. The summed E-state index contributed by atoms with van der Waals surface area (Å²) in [5.41, 5.74) is -0.216. The van der Waals surface area contributed by atoms with Gasteiger partial charge >= 0.3 is 7.12 Å². The van der Waals surface area contributed by atoms with Crippen LogP contribution in [0.15, 0.2) is 17.0 Å². The Balaban J connectivity index is 2.34. The Bertz CT molecular complexity index is 531. The molecule has 0 amide bonds. The van der Waals surface area contributed by atoms with Crippen molar-refractivity contribution in [2.24, 2.45) is 0 Å². The molecule has 1 aromatic rings. The Hall–Kier alpha value is -0.915. The van der Waals surface area contributed by atoms with Gasteiger partial charge in [0.15, 0.2) is 0 Å². The molecule has 5 nitrogen and oxygen atoms in total. The van der Waals surface area contributed by atoms with E-state index >= 15 is 0 Å². The number of ether oxygens (including phenoxy) is 1. The molecule has 1 aliphatic heterocycles. The van der Waals surface area contributed by atoms with E-state index in [0.29, 0.717) is 16.4 Å². The van der Waals surface area contributed by atoms with Crippen molar-refractivity contribution >= 4 is 23.5 Å². The summed E-state index contributed by atoms with van der Waals surface area (Å²) in [4.78, 5) is 4.92. The van der Waals surface area contributed by atoms with Gasteiger partial charge in [0, 0.05) is 6.26 Å². The predicted octanol–water partition coefficient (Wildman–Crippen LogP) is 1.13. The second-order valence-corrected chi connectivity index (χ2v) is 7.13. The van der Waals surface area contributed by atoms with Crippen molar-refractivity contribution in [2.45, 2.75) is 43.8 Å². The summed E-state index contributed by atoms with van der Waals surface area (Å²) >= 11 is 0. The number of nitrogens with zero attached hydrogens (tertiary/aromatic N) is 1. The molecule has 2 rings (SSSR count). The van der Waals surface area contributed by atoms with Gasteiger partial charge in [-0.05, 0) is 39.8 Å². The van der Waals surface area contributed by atoms with Crippen LogP contribution in [0.25, 0.3) is 0 Å². The molecule has 0 aromatic carbocycles. The fourth-order valence-electron chi connectivity index (χ4n) is 1.90. The second-order valence-electron chi connectivity index (χ2n) is 5.79. The van der Waals surface area contributed by atoms with Crippen LogP contribution in [0.4, 0.5) is 0 Å². The average molecular weight is 297 g/mol. The van der Waals surface area contributed by atoms with Crippen molar-refractivity contribution in [3.8, 4) is 5.88 Å². The molecule has 0 radical (unpaired) electrons. The summed E-state index contributed by atoms with van der Waals surface area (Å²) in [6.07, 6.45) is 1.59. The number of rotatable bonds is 3. The minimum Gasteiger partial charge on any atom is -0.480 e. The molecule has 0 N–H and O–H groups in total. The molecular weight excluding hydrogens is 277 g/mol. The zero-order valence-corrected chi connectivity index (χ0v) is 13.5. The van der Waals surface area contributed by atoms with Crippen LogP contribution in [0.1, 0.15) is 27.7 Å². The van der Waals surface area contributed by atoms with Crippen molar-refractivity contribution in [1.82, 2.24) is 4.98 Å². The monoisotopic (exact) mass is 297 g/mol. The lowest BCUT2D eigenvalue weighted by atomic mass is 9.84. The normalized spacial score (nSPS) is 21.8. The Morgan fingerprint density at radius 1 is 1.20 bits per heavy atom. The van der Waals surface area contributed by atoms with E-state index in [2.05, 4.69) is 4.98 Å². The van der Waals surface area contributed by atoms with Crippen LogP contribution < -0.4 is 10.3 Å². The van der Waals surface area contributed by atoms with Crippen LogP contribution in [0, 0.1) is 0 Å². The van der Waals surface area contributed by atoms with Crippen molar-refractivity contribution in [3.63, 3.8) is 0 Å². The zero-order chi connectivity index (χ0) is 15.1. The Labute approximate surface area is 122 Å². The van der Waals surface area contributed by atoms with E-state index < -0.39 is 29.1 Å². The lowest BCUT2D eigenvalue weighted by molar-refractivity contribution is 0.00578. The van der Waals surface area contributed by atoms with Crippen LogP contribution in [0.5, 0.6) is 5.88 Å². The number of aromatic nitrogens is 1. The zero-order valence-electron chi connectivity index (χ0n) is 12.7. The quantitative estimate of drug-likeness (QED) is 0.783. The molecule has 1 aliphatic rings. The van der Waals surface area contributed by atoms with Crippen molar-refractivity contribution in [2.75, 3.05) is 13.4 Å². The molecule has 20 heavy (non-hydrogen) atoms. The molecule has 0 bridgehead atoms. The molecule has 7 heteroatoms. The first kappa shape index (κ1) is 15.5. The van der Waals surface area contributed by atoms with Crippen molar-refractivity contribution < 1.29 is 18.3 Å². The third-order valence-electron chi connectivity index (χ3n) is 3.84. The van der Waals surface area contributed by atoms with E-state index in [1.807, 2.05) is 27.7 Å². The third-order valence-corrected chi connectivity index (χ3v) is 4.77. The van der Waals surface area contributed by atoms with Crippen LogP contribution in [0.3, 0.4) is 0 Å². The standard InChI is InChI=1S/C13H20BNO4S/c1-12(2)13(3,4)19-14(18-12)10-8-7-9(20(6)16)11(15-10)17-5/h7-8H,1-6H3. The summed E-state index contributed by atoms with van der Waals surface area (Å²) in [7, 11) is -0.191. The van der Waals surface area contributed by atoms with Gasteiger partial charge in [-0.1, -0.05) is 0 Å². The smallest absolute Gasteiger partial charge is 0.480 e. The lowest BCUT2D eigenvalue weighted by Gasteiger charge is -2.32. The van der Waals surface area contributed by atoms with E-state index in [1.165, 1.54) is 7.11 Å². The lowest BCUT2D eigenvalue weighted by Crippen LogP contribution is -2.41. The maximum atomic E-state index is 11.6. The largest absolute Gasteiger partial charge is 0.514 e. The molecule has 0 spiro atoms. The molecule has 0 aliphatic carbocycles. The maximum absolute atomic E-state index is 11.6. The minimum atomic E-state index is -1.15. The Kier molecular flexibility index (Phi) is 3.97. The molecule has 0 saturated carbocycles. The first-order valence-corrected chi connectivity index (χ1v) is 7.98. The van der Waals surface area contributed by atoms with Crippen LogP contribution in [-0.4, -0.2) is 40.9 Å². The van der Waals surface area contributed by atoms with Gasteiger partial charge in [0.25, 0.3) is 0 Å². The van der Waals surface area contributed by atoms with Gasteiger partial charge in [-0.2, -0.15) is 0 Å². The summed E-state index contributed by atoms with van der Waals surface area (Å²) < 4.78 is 28.7. The Morgan fingerprint density at radius 2 is 1.75 bits per heavy atom. The summed E-state index contributed by atoms with van der Waals surface area (Å²) in [5, 5.41) is 0. The number of hydrogen-bond acceptors (Lipinski definition) is 5. The molecule has 1 saturated heterocycles. The van der Waals surface area contributed by atoms with Gasteiger partial charge < -0.3 is 14.0 Å². The molecule has 1 atom stereocenters. The fraction of sp³-hybridized carbons (Fsp3) is 0.615. The molecule has 110 valence electrons. The number of methoxy groups -OCH3 is 1. The van der Waals surface area contributed by atoms with E-state index in [-0.39, 0.29) is 0 Å². The molecule has 2 heterocycles. The van der Waals surface area contributed by atoms with Crippen molar-refractivity contribution in [3.05, 3.63) is 12.1 Å². The highest BCUT2D eigenvalue weighted by atomic mass is 32.2. The van der Waals surface area contributed by atoms with Gasteiger partial charge in [-0.25, -0.2) is 4.98 Å². The first-order chi connectivity index (χ1) is 9.18. The summed E-state index contributed by atoms with van der Waals surface area (Å²) in [5.74, 6) is 0.345. The van der Waals surface area contributed by atoms with Crippen LogP contribution in [0.2, 0.25) is 0 Å². The second kappa shape index (κ2) is 5.13. The van der Waals surface area contributed by atoms with Gasteiger partial charge in [-0.3, -0.25) is 4.21 Å². The highest BCUT2D eigenvalue weighted by Gasteiger charge is 2.52. The first-order valence-electron chi connectivity index (χ1n) is 6.42. The maximum Gasteiger partial charge on any atom is 0.514 e. The van der Waals surface area contributed by atoms with E-state index in [1.54, 1.807) is 18.4 Å². The molecular formula is C13H20BNO4S. The fourth-order valence-corrected chi connectivity index (χ4v) is 2.54.